The number of amides is 3. The number of piperazine rings is 1. The highest BCUT2D eigenvalue weighted by Crippen LogP contribution is 2.15. The Labute approximate surface area is 156 Å². The van der Waals surface area contributed by atoms with Crippen molar-refractivity contribution in [1.29, 1.82) is 0 Å². The summed E-state index contributed by atoms with van der Waals surface area (Å²) in [5.41, 5.74) is 0.854. The van der Waals surface area contributed by atoms with E-state index in [0.717, 1.165) is 11.5 Å². The number of nitrogens with zero attached hydrogens (tertiary/aromatic N) is 4. The van der Waals surface area contributed by atoms with E-state index >= 15 is 0 Å². The van der Waals surface area contributed by atoms with E-state index in [4.69, 9.17) is 0 Å². The van der Waals surface area contributed by atoms with Crippen LogP contribution < -0.4 is 15.5 Å². The first-order valence-electron chi connectivity index (χ1n) is 8.47. The number of aryl methyl sites for hydroxylation is 1. The van der Waals surface area contributed by atoms with Gasteiger partial charge in [0.15, 0.2) is 5.13 Å². The second-order valence-corrected chi connectivity index (χ2v) is 6.97. The van der Waals surface area contributed by atoms with Gasteiger partial charge in [-0.2, -0.15) is 0 Å². The van der Waals surface area contributed by atoms with E-state index in [1.54, 1.807) is 18.0 Å². The molecule has 26 heavy (non-hydrogen) atoms. The van der Waals surface area contributed by atoms with Gasteiger partial charge in [0.05, 0.1) is 5.69 Å². The highest BCUT2D eigenvalue weighted by atomic mass is 32.1. The Morgan fingerprint density at radius 3 is 2.62 bits per heavy atom. The van der Waals surface area contributed by atoms with Crippen LogP contribution in [-0.2, 0) is 4.79 Å². The molecule has 1 aliphatic heterocycles. The summed E-state index contributed by atoms with van der Waals surface area (Å²) >= 11 is 1.36. The second-order valence-electron chi connectivity index (χ2n) is 6.12. The van der Waals surface area contributed by atoms with Gasteiger partial charge >= 0.3 is 6.03 Å². The van der Waals surface area contributed by atoms with Gasteiger partial charge in [0.1, 0.15) is 11.9 Å². The zero-order valence-corrected chi connectivity index (χ0v) is 15.6. The number of aromatic nitrogens is 2. The summed E-state index contributed by atoms with van der Waals surface area (Å²) in [6, 6.07) is 4.92. The summed E-state index contributed by atoms with van der Waals surface area (Å²) in [5.74, 6) is 0.638. The van der Waals surface area contributed by atoms with Gasteiger partial charge in [0.25, 0.3) is 0 Å². The van der Waals surface area contributed by atoms with E-state index in [-0.39, 0.29) is 11.9 Å². The molecular formula is C17H22N6O2S. The molecule has 138 valence electrons. The van der Waals surface area contributed by atoms with Gasteiger partial charge in [-0.3, -0.25) is 4.79 Å². The van der Waals surface area contributed by atoms with Crippen LogP contribution in [0.15, 0.2) is 29.8 Å². The summed E-state index contributed by atoms with van der Waals surface area (Å²) in [7, 11) is 0. The first kappa shape index (κ1) is 18.1. The summed E-state index contributed by atoms with van der Waals surface area (Å²) in [4.78, 5) is 37.0. The molecule has 0 unspecified atom stereocenters. The quantitative estimate of drug-likeness (QED) is 0.850. The summed E-state index contributed by atoms with van der Waals surface area (Å²) in [6.45, 7) is 6.12. The van der Waals surface area contributed by atoms with Crippen LogP contribution in [0, 0.1) is 6.92 Å². The molecule has 1 atom stereocenters. The SMILES string of the molecule is Cc1csc(NC(=O)[C@@H](C)NC(=O)N2CCN(c3ccccn3)CC2)n1. The lowest BCUT2D eigenvalue weighted by Gasteiger charge is -2.35. The first-order valence-corrected chi connectivity index (χ1v) is 9.35. The summed E-state index contributed by atoms with van der Waals surface area (Å²) in [5, 5.41) is 7.87. The number of anilines is 2. The van der Waals surface area contributed by atoms with E-state index in [2.05, 4.69) is 25.5 Å². The highest BCUT2D eigenvalue weighted by Gasteiger charge is 2.24. The average Bonchev–Trinajstić information content (AvgIpc) is 3.07. The molecular weight excluding hydrogens is 352 g/mol. The van der Waals surface area contributed by atoms with Gasteiger partial charge in [-0.05, 0) is 26.0 Å². The lowest BCUT2D eigenvalue weighted by Crippen LogP contribution is -2.54. The molecule has 1 saturated heterocycles. The molecule has 3 heterocycles. The number of nitrogens with one attached hydrogen (secondary N) is 2. The maximum Gasteiger partial charge on any atom is 0.318 e. The predicted molar refractivity (Wildman–Crippen MR) is 101 cm³/mol. The minimum atomic E-state index is -0.638. The molecule has 8 nitrogen and oxygen atoms in total. The Morgan fingerprint density at radius 2 is 2.00 bits per heavy atom. The third kappa shape index (κ3) is 4.48. The highest BCUT2D eigenvalue weighted by molar-refractivity contribution is 7.13. The number of rotatable bonds is 4. The van der Waals surface area contributed by atoms with Crippen molar-refractivity contribution in [3.05, 3.63) is 35.5 Å². The zero-order valence-electron chi connectivity index (χ0n) is 14.8. The van der Waals surface area contributed by atoms with Crippen LogP contribution >= 0.6 is 11.3 Å². The fourth-order valence-corrected chi connectivity index (χ4v) is 3.34. The maximum absolute atomic E-state index is 12.4. The van der Waals surface area contributed by atoms with Crippen LogP contribution in [0.4, 0.5) is 15.7 Å². The van der Waals surface area contributed by atoms with Crippen molar-refractivity contribution >= 4 is 34.2 Å². The third-order valence-electron chi connectivity index (χ3n) is 4.12. The monoisotopic (exact) mass is 374 g/mol. The molecule has 3 rings (SSSR count). The molecule has 0 saturated carbocycles. The Balaban J connectivity index is 1.47. The van der Waals surface area contributed by atoms with Crippen molar-refractivity contribution < 1.29 is 9.59 Å². The van der Waals surface area contributed by atoms with Crippen LogP contribution in [0.1, 0.15) is 12.6 Å². The Morgan fingerprint density at radius 1 is 1.23 bits per heavy atom. The summed E-state index contributed by atoms with van der Waals surface area (Å²) < 4.78 is 0. The van der Waals surface area contributed by atoms with Crippen molar-refractivity contribution in [3.8, 4) is 0 Å². The number of hydrogen-bond acceptors (Lipinski definition) is 6. The van der Waals surface area contributed by atoms with Gasteiger partial charge in [0, 0.05) is 37.8 Å². The number of urea groups is 1. The normalized spacial score (nSPS) is 15.5. The molecule has 2 aromatic rings. The molecule has 0 spiro atoms. The van der Waals surface area contributed by atoms with Gasteiger partial charge in [-0.25, -0.2) is 14.8 Å². The number of carbonyl (C=O) groups excluding carboxylic acids is 2. The molecule has 9 heteroatoms. The minimum Gasteiger partial charge on any atom is -0.353 e. The Bertz CT molecular complexity index is 758. The Kier molecular flexibility index (Phi) is 5.67. The van der Waals surface area contributed by atoms with Crippen LogP contribution in [0.3, 0.4) is 0 Å². The fraction of sp³-hybridized carbons (Fsp3) is 0.412. The number of thiazole rings is 1. The molecule has 2 N–H and O–H groups in total. The number of hydrogen-bond donors (Lipinski definition) is 2. The third-order valence-corrected chi connectivity index (χ3v) is 5.00. The zero-order chi connectivity index (χ0) is 18.5. The van der Waals surface area contributed by atoms with E-state index in [1.165, 1.54) is 11.3 Å². The standard InChI is InChI=1S/C17H22N6O2S/c1-12-11-26-16(19-12)21-15(24)13(2)20-17(25)23-9-7-22(8-10-23)14-5-3-4-6-18-14/h3-6,11,13H,7-10H2,1-2H3,(H,20,25)(H,19,21,24)/t13-/m1/s1. The smallest absolute Gasteiger partial charge is 0.318 e. The molecule has 0 radical (unpaired) electrons. The van der Waals surface area contributed by atoms with Crippen molar-refractivity contribution in [2.24, 2.45) is 0 Å². The molecule has 1 aliphatic rings. The summed E-state index contributed by atoms with van der Waals surface area (Å²) in [6.07, 6.45) is 1.76. The molecule has 3 amide bonds. The van der Waals surface area contributed by atoms with Crippen LogP contribution in [0.5, 0.6) is 0 Å². The van der Waals surface area contributed by atoms with Gasteiger partial charge in [-0.1, -0.05) is 6.07 Å². The lowest BCUT2D eigenvalue weighted by atomic mass is 10.3. The molecule has 0 aromatic carbocycles. The fourth-order valence-electron chi connectivity index (χ4n) is 2.65. The average molecular weight is 374 g/mol. The topological polar surface area (TPSA) is 90.5 Å². The van der Waals surface area contributed by atoms with Crippen LogP contribution in [0.25, 0.3) is 0 Å². The number of pyridine rings is 1. The predicted octanol–water partition coefficient (Wildman–Crippen LogP) is 1.71. The van der Waals surface area contributed by atoms with Crippen molar-refractivity contribution in [3.63, 3.8) is 0 Å². The van der Waals surface area contributed by atoms with E-state index < -0.39 is 6.04 Å². The minimum absolute atomic E-state index is 0.233. The maximum atomic E-state index is 12.4. The lowest BCUT2D eigenvalue weighted by molar-refractivity contribution is -0.117. The molecule has 2 aromatic heterocycles. The van der Waals surface area contributed by atoms with Gasteiger partial charge < -0.3 is 20.4 Å². The van der Waals surface area contributed by atoms with Crippen LogP contribution in [-0.4, -0.2) is 59.0 Å². The molecule has 1 fully saturated rings. The van der Waals surface area contributed by atoms with E-state index in [0.29, 0.717) is 31.3 Å². The van der Waals surface area contributed by atoms with E-state index in [9.17, 15) is 9.59 Å². The van der Waals surface area contributed by atoms with Crippen molar-refractivity contribution in [2.75, 3.05) is 36.4 Å². The Hall–Kier alpha value is -2.68. The molecule has 0 aliphatic carbocycles. The van der Waals surface area contributed by atoms with Crippen molar-refractivity contribution in [2.45, 2.75) is 19.9 Å². The van der Waals surface area contributed by atoms with Gasteiger partial charge in [-0.15, -0.1) is 11.3 Å². The number of carbonyl (C=O) groups is 2. The second kappa shape index (κ2) is 8.13. The first-order chi connectivity index (χ1) is 12.5. The van der Waals surface area contributed by atoms with Gasteiger partial charge in [0.2, 0.25) is 5.91 Å². The van der Waals surface area contributed by atoms with E-state index in [1.807, 2.05) is 30.5 Å². The van der Waals surface area contributed by atoms with Crippen LogP contribution in [0.2, 0.25) is 0 Å². The molecule has 0 bridgehead atoms. The van der Waals surface area contributed by atoms with Crippen molar-refractivity contribution in [1.82, 2.24) is 20.2 Å². The largest absolute Gasteiger partial charge is 0.353 e.